The topological polar surface area (TPSA) is 98.7 Å². The van der Waals surface area contributed by atoms with Gasteiger partial charge >= 0.3 is 0 Å². The summed E-state index contributed by atoms with van der Waals surface area (Å²) < 4.78 is 1.38. The Labute approximate surface area is 87.0 Å². The Morgan fingerprint density at radius 2 is 2.47 bits per heavy atom. The molecule has 1 amide bonds. The molecule has 3 N–H and O–H groups in total. The van der Waals surface area contributed by atoms with Crippen LogP contribution >= 0.6 is 0 Å². The fraction of sp³-hybridized carbons (Fsp3) is 0.750. The Kier molecular flexibility index (Phi) is 2.91. The minimum absolute atomic E-state index is 0.0929. The van der Waals surface area contributed by atoms with Gasteiger partial charge < -0.3 is 11.1 Å². The van der Waals surface area contributed by atoms with Gasteiger partial charge in [-0.05, 0) is 29.2 Å². The maximum atomic E-state index is 11.5. The van der Waals surface area contributed by atoms with E-state index in [9.17, 15) is 4.79 Å². The molecule has 1 unspecified atom stereocenters. The van der Waals surface area contributed by atoms with Crippen LogP contribution in [0.25, 0.3) is 0 Å². The van der Waals surface area contributed by atoms with E-state index in [2.05, 4.69) is 20.8 Å². The number of hydrogen-bond donors (Lipinski definition) is 2. The highest BCUT2D eigenvalue weighted by Crippen LogP contribution is 2.32. The lowest BCUT2D eigenvalue weighted by Gasteiger charge is -2.15. The van der Waals surface area contributed by atoms with Crippen LogP contribution in [0.2, 0.25) is 0 Å². The largest absolute Gasteiger partial charge is 0.350 e. The summed E-state index contributed by atoms with van der Waals surface area (Å²) in [6, 6.07) is 0.106. The molecule has 1 aliphatic carbocycles. The molecule has 7 heteroatoms. The van der Waals surface area contributed by atoms with Gasteiger partial charge in [-0.1, -0.05) is 0 Å². The third-order valence-electron chi connectivity index (χ3n) is 2.49. The molecule has 0 spiro atoms. The van der Waals surface area contributed by atoms with Gasteiger partial charge in [-0.25, -0.2) is 4.68 Å². The number of carbonyl (C=O) groups excluding carboxylic acids is 1. The monoisotopic (exact) mass is 210 g/mol. The Morgan fingerprint density at radius 1 is 1.67 bits per heavy atom. The molecule has 0 aromatic carbocycles. The Balaban J connectivity index is 1.80. The number of nitrogens with one attached hydrogen (secondary N) is 1. The van der Waals surface area contributed by atoms with Crippen molar-refractivity contribution in [3.05, 3.63) is 6.33 Å². The molecule has 82 valence electrons. The standard InChI is InChI=1S/C8H14N6O/c9-3-7(6-1-2-6)11-8(15)4-14-5-10-12-13-14/h5-7H,1-4,9H2,(H,11,15). The molecule has 0 radical (unpaired) electrons. The highest BCUT2D eigenvalue weighted by molar-refractivity contribution is 5.76. The van der Waals surface area contributed by atoms with Gasteiger partial charge in [0.05, 0.1) is 0 Å². The third kappa shape index (κ3) is 2.72. The summed E-state index contributed by atoms with van der Waals surface area (Å²) >= 11 is 0. The van der Waals surface area contributed by atoms with Gasteiger partial charge in [0.25, 0.3) is 0 Å². The summed E-state index contributed by atoms with van der Waals surface area (Å²) in [6.45, 7) is 0.641. The number of carbonyl (C=O) groups is 1. The van der Waals surface area contributed by atoms with Gasteiger partial charge in [0.1, 0.15) is 12.9 Å². The third-order valence-corrected chi connectivity index (χ3v) is 2.49. The summed E-state index contributed by atoms with van der Waals surface area (Å²) in [6.07, 6.45) is 3.73. The van der Waals surface area contributed by atoms with E-state index in [-0.39, 0.29) is 18.5 Å². The summed E-state index contributed by atoms with van der Waals surface area (Å²) in [5.74, 6) is 0.470. The van der Waals surface area contributed by atoms with Crippen LogP contribution in [0.5, 0.6) is 0 Å². The number of nitrogens with two attached hydrogens (primary N) is 1. The Hall–Kier alpha value is -1.50. The quantitative estimate of drug-likeness (QED) is 0.618. The van der Waals surface area contributed by atoms with E-state index in [1.165, 1.54) is 11.0 Å². The molecule has 1 heterocycles. The van der Waals surface area contributed by atoms with Gasteiger partial charge in [-0.15, -0.1) is 5.10 Å². The summed E-state index contributed by atoms with van der Waals surface area (Å²) in [7, 11) is 0. The lowest BCUT2D eigenvalue weighted by Crippen LogP contribution is -2.43. The zero-order valence-electron chi connectivity index (χ0n) is 8.33. The van der Waals surface area contributed by atoms with E-state index in [0.29, 0.717) is 12.5 Å². The van der Waals surface area contributed by atoms with Gasteiger partial charge in [0, 0.05) is 12.6 Å². The summed E-state index contributed by atoms with van der Waals surface area (Å²) in [4.78, 5) is 11.5. The zero-order chi connectivity index (χ0) is 10.7. The van der Waals surface area contributed by atoms with Crippen LogP contribution in [0.3, 0.4) is 0 Å². The fourth-order valence-electron chi connectivity index (χ4n) is 1.52. The van der Waals surface area contributed by atoms with E-state index in [4.69, 9.17) is 5.73 Å². The number of rotatable bonds is 5. The first-order chi connectivity index (χ1) is 7.29. The van der Waals surface area contributed by atoms with Crippen LogP contribution in [0.15, 0.2) is 6.33 Å². The molecule has 1 aromatic heterocycles. The first-order valence-electron chi connectivity index (χ1n) is 5.00. The van der Waals surface area contributed by atoms with Crippen molar-refractivity contribution in [1.29, 1.82) is 0 Å². The number of nitrogens with zero attached hydrogens (tertiary/aromatic N) is 4. The molecule has 1 atom stereocenters. The molecule has 0 saturated heterocycles. The van der Waals surface area contributed by atoms with E-state index in [0.717, 1.165) is 12.8 Å². The molecule has 15 heavy (non-hydrogen) atoms. The molecule has 1 fully saturated rings. The van der Waals surface area contributed by atoms with Crippen molar-refractivity contribution in [3.8, 4) is 0 Å². The van der Waals surface area contributed by atoms with Gasteiger partial charge in [-0.3, -0.25) is 4.79 Å². The smallest absolute Gasteiger partial charge is 0.242 e. The van der Waals surface area contributed by atoms with Gasteiger partial charge in [0.15, 0.2) is 0 Å². The molecule has 1 saturated carbocycles. The maximum absolute atomic E-state index is 11.5. The number of amides is 1. The predicted molar refractivity (Wildman–Crippen MR) is 51.5 cm³/mol. The van der Waals surface area contributed by atoms with Crippen molar-refractivity contribution in [2.75, 3.05) is 6.54 Å². The minimum Gasteiger partial charge on any atom is -0.350 e. The first-order valence-corrected chi connectivity index (χ1v) is 5.00. The number of hydrogen-bond acceptors (Lipinski definition) is 5. The highest BCUT2D eigenvalue weighted by Gasteiger charge is 2.31. The van der Waals surface area contributed by atoms with E-state index in [1.807, 2.05) is 0 Å². The molecule has 1 aliphatic rings. The summed E-state index contributed by atoms with van der Waals surface area (Å²) in [5.41, 5.74) is 5.57. The molecular weight excluding hydrogens is 196 g/mol. The van der Waals surface area contributed by atoms with Crippen molar-refractivity contribution in [2.24, 2.45) is 11.7 Å². The van der Waals surface area contributed by atoms with Crippen LogP contribution in [0, 0.1) is 5.92 Å². The Bertz CT molecular complexity index is 320. The average molecular weight is 210 g/mol. The normalized spacial score (nSPS) is 17.4. The summed E-state index contributed by atoms with van der Waals surface area (Å²) in [5, 5.41) is 13.4. The van der Waals surface area contributed by atoms with Crippen molar-refractivity contribution < 1.29 is 4.79 Å². The van der Waals surface area contributed by atoms with Crippen molar-refractivity contribution in [3.63, 3.8) is 0 Å². The van der Waals surface area contributed by atoms with E-state index >= 15 is 0 Å². The molecule has 2 rings (SSSR count). The van der Waals surface area contributed by atoms with E-state index < -0.39 is 0 Å². The van der Waals surface area contributed by atoms with Crippen molar-refractivity contribution >= 4 is 5.91 Å². The number of tetrazole rings is 1. The average Bonchev–Trinajstić information content (AvgIpc) is 2.95. The highest BCUT2D eigenvalue weighted by atomic mass is 16.2. The van der Waals surface area contributed by atoms with Crippen LogP contribution in [-0.4, -0.2) is 38.7 Å². The van der Waals surface area contributed by atoms with Crippen LogP contribution in [-0.2, 0) is 11.3 Å². The lowest BCUT2D eigenvalue weighted by molar-refractivity contribution is -0.122. The van der Waals surface area contributed by atoms with Crippen LogP contribution in [0.1, 0.15) is 12.8 Å². The SMILES string of the molecule is NCC(NC(=O)Cn1cnnn1)C1CC1. The van der Waals surface area contributed by atoms with Crippen LogP contribution in [0.4, 0.5) is 0 Å². The maximum Gasteiger partial charge on any atom is 0.242 e. The molecule has 0 aliphatic heterocycles. The minimum atomic E-state index is -0.0929. The fourth-order valence-corrected chi connectivity index (χ4v) is 1.52. The zero-order valence-corrected chi connectivity index (χ0v) is 8.33. The van der Waals surface area contributed by atoms with Crippen molar-refractivity contribution in [1.82, 2.24) is 25.5 Å². The second kappa shape index (κ2) is 4.35. The lowest BCUT2D eigenvalue weighted by atomic mass is 10.2. The number of aromatic nitrogens is 4. The van der Waals surface area contributed by atoms with Crippen molar-refractivity contribution in [2.45, 2.75) is 25.4 Å². The molecular formula is C8H14N6O. The van der Waals surface area contributed by atoms with Crippen LogP contribution < -0.4 is 11.1 Å². The van der Waals surface area contributed by atoms with Gasteiger partial charge in [-0.2, -0.15) is 0 Å². The second-order valence-electron chi connectivity index (χ2n) is 3.75. The molecule has 0 bridgehead atoms. The Morgan fingerprint density at radius 3 is 3.00 bits per heavy atom. The second-order valence-corrected chi connectivity index (χ2v) is 3.75. The van der Waals surface area contributed by atoms with Gasteiger partial charge in [0.2, 0.25) is 5.91 Å². The predicted octanol–water partition coefficient (Wildman–Crippen LogP) is -1.47. The molecule has 1 aromatic rings. The van der Waals surface area contributed by atoms with E-state index in [1.54, 1.807) is 0 Å². The molecule has 7 nitrogen and oxygen atoms in total. The first kappa shape index (κ1) is 10.0.